The smallest absolute Gasteiger partial charge is 0.343 e. The van der Waals surface area contributed by atoms with Gasteiger partial charge >= 0.3 is 5.97 Å². The first kappa shape index (κ1) is 17.1. The van der Waals surface area contributed by atoms with E-state index in [4.69, 9.17) is 16.3 Å². The maximum absolute atomic E-state index is 13.7. The summed E-state index contributed by atoms with van der Waals surface area (Å²) >= 11 is 5.79. The van der Waals surface area contributed by atoms with Gasteiger partial charge in [0.25, 0.3) is 0 Å². The van der Waals surface area contributed by atoms with Gasteiger partial charge in [0.2, 0.25) is 5.91 Å². The number of esters is 1. The first-order valence-corrected chi connectivity index (χ1v) is 7.85. The number of Topliss-reactive ketones (excluding diaryl/α,β-unsaturated/α-hetero) is 1. The molecule has 0 radical (unpaired) electrons. The van der Waals surface area contributed by atoms with Gasteiger partial charge in [0.05, 0.1) is 10.9 Å². The van der Waals surface area contributed by atoms with E-state index in [1.807, 2.05) is 0 Å². The van der Waals surface area contributed by atoms with E-state index in [1.165, 1.54) is 18.2 Å². The summed E-state index contributed by atoms with van der Waals surface area (Å²) in [6.07, 6.45) is 0. The minimum atomic E-state index is -1.01. The Morgan fingerprint density at radius 1 is 1.28 bits per heavy atom. The van der Waals surface area contributed by atoms with E-state index in [0.29, 0.717) is 16.8 Å². The van der Waals surface area contributed by atoms with Crippen LogP contribution in [0.1, 0.15) is 39.1 Å². The van der Waals surface area contributed by atoms with Crippen molar-refractivity contribution in [2.75, 3.05) is 11.9 Å². The van der Waals surface area contributed by atoms with Crippen molar-refractivity contribution in [1.82, 2.24) is 0 Å². The predicted octanol–water partition coefficient (Wildman–Crippen LogP) is 3.57. The van der Waals surface area contributed by atoms with E-state index >= 15 is 0 Å². The number of hydrogen-bond acceptors (Lipinski definition) is 4. The second-order valence-electron chi connectivity index (χ2n) is 5.61. The predicted molar refractivity (Wildman–Crippen MR) is 89.5 cm³/mol. The minimum Gasteiger partial charge on any atom is -0.454 e. The lowest BCUT2D eigenvalue weighted by molar-refractivity contribution is -0.116. The summed E-state index contributed by atoms with van der Waals surface area (Å²) in [7, 11) is 0. The number of rotatable bonds is 4. The highest BCUT2D eigenvalue weighted by molar-refractivity contribution is 6.33. The molecule has 1 heterocycles. The molecule has 25 heavy (non-hydrogen) atoms. The van der Waals surface area contributed by atoms with Gasteiger partial charge in [-0.05, 0) is 42.8 Å². The standard InChI is InChI=1S/C18H13ClFNO4/c1-9-11-7-10(5-6-14(11)21-17(9)23)15(22)8-25-18(24)16-12(19)3-2-4-13(16)20/h2-7,9H,8H2,1H3,(H,21,23)/t9-/m0/s1. The van der Waals surface area contributed by atoms with Crippen molar-refractivity contribution in [3.05, 3.63) is 63.9 Å². The summed E-state index contributed by atoms with van der Waals surface area (Å²) in [5, 5.41) is 2.62. The van der Waals surface area contributed by atoms with Crippen LogP contribution in [-0.4, -0.2) is 24.3 Å². The number of carbonyl (C=O) groups is 3. The molecule has 0 spiro atoms. The zero-order valence-corrected chi connectivity index (χ0v) is 13.9. The first-order chi connectivity index (χ1) is 11.9. The van der Waals surface area contributed by atoms with Crippen molar-refractivity contribution >= 4 is 34.9 Å². The molecule has 3 rings (SSSR count). The van der Waals surface area contributed by atoms with Crippen LogP contribution >= 0.6 is 11.6 Å². The van der Waals surface area contributed by atoms with E-state index in [9.17, 15) is 18.8 Å². The molecule has 5 nitrogen and oxygen atoms in total. The molecule has 1 aliphatic rings. The van der Waals surface area contributed by atoms with E-state index in [1.54, 1.807) is 19.1 Å². The van der Waals surface area contributed by atoms with Crippen molar-refractivity contribution < 1.29 is 23.5 Å². The maximum atomic E-state index is 13.7. The van der Waals surface area contributed by atoms with Gasteiger partial charge < -0.3 is 10.1 Å². The van der Waals surface area contributed by atoms with Gasteiger partial charge in [0.15, 0.2) is 12.4 Å². The van der Waals surface area contributed by atoms with Crippen molar-refractivity contribution in [3.63, 3.8) is 0 Å². The second kappa shape index (κ2) is 6.64. The summed E-state index contributed by atoms with van der Waals surface area (Å²) in [6, 6.07) is 8.54. The molecule has 2 aromatic carbocycles. The molecule has 0 fully saturated rings. The van der Waals surface area contributed by atoms with Crippen LogP contribution in [0.15, 0.2) is 36.4 Å². The van der Waals surface area contributed by atoms with Crippen molar-refractivity contribution in [2.45, 2.75) is 12.8 Å². The molecule has 0 saturated heterocycles. The number of nitrogens with one attached hydrogen (secondary N) is 1. The fraction of sp³-hybridized carbons (Fsp3) is 0.167. The Bertz CT molecular complexity index is 876. The number of hydrogen-bond donors (Lipinski definition) is 1. The van der Waals surface area contributed by atoms with Gasteiger partial charge in [-0.15, -0.1) is 0 Å². The number of carbonyl (C=O) groups excluding carboxylic acids is 3. The number of amides is 1. The fourth-order valence-electron chi connectivity index (χ4n) is 2.57. The van der Waals surface area contributed by atoms with Crippen LogP contribution < -0.4 is 5.32 Å². The lowest BCUT2D eigenvalue weighted by Crippen LogP contribution is -2.16. The highest BCUT2D eigenvalue weighted by atomic mass is 35.5. The van der Waals surface area contributed by atoms with Crippen LogP contribution in [0.3, 0.4) is 0 Å². The monoisotopic (exact) mass is 361 g/mol. The Labute approximate surface area is 147 Å². The highest BCUT2D eigenvalue weighted by Crippen LogP contribution is 2.32. The number of ketones is 1. The van der Waals surface area contributed by atoms with Crippen LogP contribution in [0.25, 0.3) is 0 Å². The summed E-state index contributed by atoms with van der Waals surface area (Å²) in [5.41, 5.74) is 1.26. The lowest BCUT2D eigenvalue weighted by atomic mass is 9.99. The molecule has 128 valence electrons. The topological polar surface area (TPSA) is 72.5 Å². The molecule has 1 atom stereocenters. The molecule has 7 heteroatoms. The van der Waals surface area contributed by atoms with Crippen LogP contribution in [-0.2, 0) is 9.53 Å². The fourth-order valence-corrected chi connectivity index (χ4v) is 2.81. The number of ether oxygens (including phenoxy) is 1. The number of fused-ring (bicyclic) bond motifs is 1. The summed E-state index contributed by atoms with van der Waals surface area (Å²) in [4.78, 5) is 35.8. The molecule has 0 bridgehead atoms. The van der Waals surface area contributed by atoms with E-state index in [-0.39, 0.29) is 16.8 Å². The van der Waals surface area contributed by atoms with Crippen LogP contribution in [0.5, 0.6) is 0 Å². The first-order valence-electron chi connectivity index (χ1n) is 7.47. The Morgan fingerprint density at radius 2 is 2.04 bits per heavy atom. The third-order valence-corrected chi connectivity index (χ3v) is 4.31. The quantitative estimate of drug-likeness (QED) is 0.667. The number of anilines is 1. The Balaban J connectivity index is 1.72. The van der Waals surface area contributed by atoms with Crippen LogP contribution in [0, 0.1) is 5.82 Å². The molecular formula is C18H13ClFNO4. The maximum Gasteiger partial charge on any atom is 0.343 e. The van der Waals surface area contributed by atoms with Gasteiger partial charge in [0.1, 0.15) is 11.4 Å². The molecule has 1 aliphatic heterocycles. The second-order valence-corrected chi connectivity index (χ2v) is 6.02. The highest BCUT2D eigenvalue weighted by Gasteiger charge is 2.27. The van der Waals surface area contributed by atoms with Gasteiger partial charge in [0, 0.05) is 11.3 Å². The van der Waals surface area contributed by atoms with Crippen LogP contribution in [0.2, 0.25) is 5.02 Å². The average Bonchev–Trinajstić information content (AvgIpc) is 2.86. The third-order valence-electron chi connectivity index (χ3n) is 3.99. The average molecular weight is 362 g/mol. The summed E-state index contributed by atoms with van der Waals surface area (Å²) in [6.45, 7) is 1.17. The molecule has 1 amide bonds. The van der Waals surface area contributed by atoms with Crippen LogP contribution in [0.4, 0.5) is 10.1 Å². The normalized spacial score (nSPS) is 15.5. The summed E-state index contributed by atoms with van der Waals surface area (Å²) in [5.74, 6) is -2.79. The number of benzene rings is 2. The van der Waals surface area contributed by atoms with E-state index < -0.39 is 29.7 Å². The zero-order valence-electron chi connectivity index (χ0n) is 13.1. The Kier molecular flexibility index (Phi) is 4.55. The SMILES string of the molecule is C[C@@H]1C(=O)Nc2ccc(C(=O)COC(=O)c3c(F)cccc3Cl)cc21. The summed E-state index contributed by atoms with van der Waals surface area (Å²) < 4.78 is 18.5. The van der Waals surface area contributed by atoms with Gasteiger partial charge in [-0.2, -0.15) is 0 Å². The largest absolute Gasteiger partial charge is 0.454 e. The van der Waals surface area contributed by atoms with Gasteiger partial charge in [-0.1, -0.05) is 17.7 Å². The van der Waals surface area contributed by atoms with Gasteiger partial charge in [-0.25, -0.2) is 9.18 Å². The molecule has 0 aromatic heterocycles. The molecule has 0 saturated carbocycles. The van der Waals surface area contributed by atoms with Gasteiger partial charge in [-0.3, -0.25) is 9.59 Å². The Morgan fingerprint density at radius 3 is 2.76 bits per heavy atom. The minimum absolute atomic E-state index is 0.0895. The van der Waals surface area contributed by atoms with E-state index in [2.05, 4.69) is 5.32 Å². The Hall–Kier alpha value is -2.73. The van der Waals surface area contributed by atoms with Crippen molar-refractivity contribution in [2.24, 2.45) is 0 Å². The lowest BCUT2D eigenvalue weighted by Gasteiger charge is -2.08. The van der Waals surface area contributed by atoms with Crippen molar-refractivity contribution in [1.29, 1.82) is 0 Å². The molecule has 2 aromatic rings. The van der Waals surface area contributed by atoms with E-state index in [0.717, 1.165) is 6.07 Å². The molecule has 1 N–H and O–H groups in total. The molecular weight excluding hydrogens is 349 g/mol. The van der Waals surface area contributed by atoms with Crippen molar-refractivity contribution in [3.8, 4) is 0 Å². The third kappa shape index (κ3) is 3.25. The zero-order chi connectivity index (χ0) is 18.1. The molecule has 0 aliphatic carbocycles. The number of halogens is 2. The molecule has 0 unspecified atom stereocenters.